The maximum absolute atomic E-state index is 11.4. The van der Waals surface area contributed by atoms with Gasteiger partial charge in [-0.2, -0.15) is 0 Å². The first-order chi connectivity index (χ1) is 15.2. The number of nitrogens with zero attached hydrogens (tertiary/aromatic N) is 1. The minimum absolute atomic E-state index is 0.231. The third kappa shape index (κ3) is 6.96. The van der Waals surface area contributed by atoms with Crippen LogP contribution in [0.5, 0.6) is 5.75 Å². The summed E-state index contributed by atoms with van der Waals surface area (Å²) in [4.78, 5) is 4.40. The average molecular weight is 480 g/mol. The number of hydrogen-bond donors (Lipinski definition) is 3. The molecule has 32 heavy (non-hydrogen) atoms. The first kappa shape index (κ1) is 24.1. The summed E-state index contributed by atoms with van der Waals surface area (Å²) in [6.45, 7) is 3.19. The third-order valence-electron chi connectivity index (χ3n) is 4.56. The van der Waals surface area contributed by atoms with Crippen LogP contribution in [0.25, 0.3) is 11.3 Å². The van der Waals surface area contributed by atoms with Gasteiger partial charge in [-0.05, 0) is 42.0 Å². The van der Waals surface area contributed by atoms with Gasteiger partial charge >= 0.3 is 0 Å². The summed E-state index contributed by atoms with van der Waals surface area (Å²) in [6.07, 6.45) is 2.60. The third-order valence-corrected chi connectivity index (χ3v) is 5.48. The molecule has 0 saturated heterocycles. The summed E-state index contributed by atoms with van der Waals surface area (Å²) in [5, 5.41) is 13.7. The fraction of sp³-hybridized carbons (Fsp3) is 0.318. The number of halogens is 1. The Bertz CT molecular complexity index is 1130. The zero-order chi connectivity index (χ0) is 23.1. The predicted molar refractivity (Wildman–Crippen MR) is 125 cm³/mol. The Kier molecular flexibility index (Phi) is 8.14. The molecule has 8 nitrogen and oxygen atoms in total. The van der Waals surface area contributed by atoms with E-state index in [2.05, 4.69) is 15.0 Å². The maximum atomic E-state index is 11.4. The molecule has 0 spiro atoms. The standard InChI is InChI=1S/C22H26ClN3O5S/c1-3-22-25-20(14-31-22)15-4-7-17(8-5-15)30-11-10-24-13-21(27)16-6-9-18(23)19(12-16)26-32(2,28)29/h4-9,12,14,21,24,26-27H,3,10-11,13H2,1-2H3. The van der Waals surface area contributed by atoms with Gasteiger partial charge < -0.3 is 19.6 Å². The lowest BCUT2D eigenvalue weighted by Gasteiger charge is -2.15. The van der Waals surface area contributed by atoms with Gasteiger partial charge in [0.05, 0.1) is 23.1 Å². The van der Waals surface area contributed by atoms with Gasteiger partial charge in [-0.1, -0.05) is 24.6 Å². The second kappa shape index (κ2) is 10.8. The van der Waals surface area contributed by atoms with Crippen LogP contribution < -0.4 is 14.8 Å². The molecule has 0 saturated carbocycles. The van der Waals surface area contributed by atoms with Crippen LogP contribution in [-0.2, 0) is 16.4 Å². The van der Waals surface area contributed by atoms with E-state index in [9.17, 15) is 13.5 Å². The molecule has 3 N–H and O–H groups in total. The summed E-state index contributed by atoms with van der Waals surface area (Å²) < 4.78 is 36.3. The lowest BCUT2D eigenvalue weighted by atomic mass is 10.1. The number of anilines is 1. The molecule has 0 bridgehead atoms. The number of hydrogen-bond acceptors (Lipinski definition) is 7. The van der Waals surface area contributed by atoms with Gasteiger partial charge in [0.1, 0.15) is 24.3 Å². The molecule has 1 heterocycles. The summed E-state index contributed by atoms with van der Waals surface area (Å²) in [6, 6.07) is 12.3. The molecule has 0 amide bonds. The molecular formula is C22H26ClN3O5S. The van der Waals surface area contributed by atoms with Crippen molar-refractivity contribution in [3.63, 3.8) is 0 Å². The number of ether oxygens (including phenoxy) is 1. The number of aryl methyl sites for hydroxylation is 1. The van der Waals surface area contributed by atoms with Crippen molar-refractivity contribution in [3.05, 3.63) is 65.2 Å². The van der Waals surface area contributed by atoms with Gasteiger partial charge in [0.2, 0.25) is 10.0 Å². The highest BCUT2D eigenvalue weighted by atomic mass is 35.5. The molecule has 172 valence electrons. The van der Waals surface area contributed by atoms with Crippen molar-refractivity contribution < 1.29 is 22.7 Å². The first-order valence-corrected chi connectivity index (χ1v) is 12.4. The number of aliphatic hydroxyl groups excluding tert-OH is 1. The Morgan fingerprint density at radius 1 is 1.22 bits per heavy atom. The fourth-order valence-corrected chi connectivity index (χ4v) is 3.74. The quantitative estimate of drug-likeness (QED) is 0.360. The number of rotatable bonds is 11. The molecule has 1 unspecified atom stereocenters. The van der Waals surface area contributed by atoms with E-state index in [0.717, 1.165) is 29.7 Å². The molecule has 1 aromatic heterocycles. The molecule has 10 heteroatoms. The molecule has 2 aromatic carbocycles. The molecule has 1 atom stereocenters. The van der Waals surface area contributed by atoms with E-state index in [1.807, 2.05) is 31.2 Å². The van der Waals surface area contributed by atoms with Crippen LogP contribution in [0, 0.1) is 0 Å². The van der Waals surface area contributed by atoms with Crippen LogP contribution in [0.1, 0.15) is 24.5 Å². The Balaban J connectivity index is 1.44. The monoisotopic (exact) mass is 479 g/mol. The molecule has 0 radical (unpaired) electrons. The topological polar surface area (TPSA) is 114 Å². The second-order valence-electron chi connectivity index (χ2n) is 7.19. The molecule has 0 aliphatic rings. The van der Waals surface area contributed by atoms with Gasteiger partial charge in [0.25, 0.3) is 0 Å². The van der Waals surface area contributed by atoms with Gasteiger partial charge in [-0.15, -0.1) is 0 Å². The Morgan fingerprint density at radius 3 is 2.62 bits per heavy atom. The van der Waals surface area contributed by atoms with E-state index >= 15 is 0 Å². The van der Waals surface area contributed by atoms with E-state index < -0.39 is 16.1 Å². The van der Waals surface area contributed by atoms with Crippen molar-refractivity contribution in [1.29, 1.82) is 0 Å². The summed E-state index contributed by atoms with van der Waals surface area (Å²) in [5.74, 6) is 1.43. The normalized spacial score (nSPS) is 12.5. The smallest absolute Gasteiger partial charge is 0.229 e. The number of sulfonamides is 1. The SMILES string of the molecule is CCc1nc(-c2ccc(OCCNCC(O)c3ccc(Cl)c(NS(C)(=O)=O)c3)cc2)co1. The van der Waals surface area contributed by atoms with Crippen molar-refractivity contribution in [1.82, 2.24) is 10.3 Å². The van der Waals surface area contributed by atoms with Crippen LogP contribution in [0.3, 0.4) is 0 Å². The van der Waals surface area contributed by atoms with Crippen molar-refractivity contribution >= 4 is 27.3 Å². The molecule has 0 aliphatic heterocycles. The first-order valence-electron chi connectivity index (χ1n) is 10.1. The minimum atomic E-state index is -3.47. The number of nitrogens with one attached hydrogen (secondary N) is 2. The molecule has 0 aliphatic carbocycles. The highest BCUT2D eigenvalue weighted by Gasteiger charge is 2.12. The number of aromatic nitrogens is 1. The van der Waals surface area contributed by atoms with E-state index in [-0.39, 0.29) is 17.3 Å². The van der Waals surface area contributed by atoms with Crippen LogP contribution in [-0.4, -0.2) is 44.5 Å². The highest BCUT2D eigenvalue weighted by molar-refractivity contribution is 7.92. The number of oxazole rings is 1. The molecule has 3 aromatic rings. The average Bonchev–Trinajstić information content (AvgIpc) is 3.24. The summed E-state index contributed by atoms with van der Waals surface area (Å²) >= 11 is 6.01. The number of benzene rings is 2. The Hall–Kier alpha value is -2.59. The van der Waals surface area contributed by atoms with Gasteiger partial charge in [0.15, 0.2) is 5.89 Å². The van der Waals surface area contributed by atoms with Crippen LogP contribution >= 0.6 is 11.6 Å². The van der Waals surface area contributed by atoms with Crippen molar-refractivity contribution in [2.45, 2.75) is 19.4 Å². The van der Waals surface area contributed by atoms with Gasteiger partial charge in [-0.3, -0.25) is 4.72 Å². The zero-order valence-electron chi connectivity index (χ0n) is 17.8. The van der Waals surface area contributed by atoms with E-state index in [0.29, 0.717) is 24.6 Å². The van der Waals surface area contributed by atoms with E-state index in [1.165, 1.54) is 6.07 Å². The van der Waals surface area contributed by atoms with Crippen molar-refractivity contribution in [2.75, 3.05) is 30.7 Å². The second-order valence-corrected chi connectivity index (χ2v) is 9.34. The van der Waals surface area contributed by atoms with E-state index in [4.69, 9.17) is 20.8 Å². The van der Waals surface area contributed by atoms with Crippen molar-refractivity contribution in [3.8, 4) is 17.0 Å². The largest absolute Gasteiger partial charge is 0.492 e. The minimum Gasteiger partial charge on any atom is -0.492 e. The lowest BCUT2D eigenvalue weighted by molar-refractivity contribution is 0.172. The Labute approximate surface area is 192 Å². The highest BCUT2D eigenvalue weighted by Crippen LogP contribution is 2.26. The molecule has 3 rings (SSSR count). The summed E-state index contributed by atoms with van der Waals surface area (Å²) in [5.41, 5.74) is 2.52. The van der Waals surface area contributed by atoms with Crippen LogP contribution in [0.4, 0.5) is 5.69 Å². The Morgan fingerprint density at radius 2 is 1.97 bits per heavy atom. The lowest BCUT2D eigenvalue weighted by Crippen LogP contribution is -2.26. The van der Waals surface area contributed by atoms with Crippen molar-refractivity contribution in [2.24, 2.45) is 0 Å². The zero-order valence-corrected chi connectivity index (χ0v) is 19.4. The maximum Gasteiger partial charge on any atom is 0.229 e. The van der Waals surface area contributed by atoms with Gasteiger partial charge in [-0.25, -0.2) is 13.4 Å². The molecule has 0 fully saturated rings. The number of aliphatic hydroxyl groups is 1. The summed E-state index contributed by atoms with van der Waals surface area (Å²) in [7, 11) is -3.47. The van der Waals surface area contributed by atoms with E-state index in [1.54, 1.807) is 18.4 Å². The fourth-order valence-electron chi connectivity index (χ4n) is 2.95. The van der Waals surface area contributed by atoms with Crippen LogP contribution in [0.2, 0.25) is 5.02 Å². The van der Waals surface area contributed by atoms with Crippen LogP contribution in [0.15, 0.2) is 53.1 Å². The predicted octanol–water partition coefficient (Wildman–Crippen LogP) is 3.63. The van der Waals surface area contributed by atoms with Gasteiger partial charge in [0, 0.05) is 25.1 Å². The molecular weight excluding hydrogens is 454 g/mol.